The molecule has 1 atom stereocenters. The van der Waals surface area contributed by atoms with Crippen LogP contribution in [-0.2, 0) is 11.3 Å². The number of benzene rings is 1. The van der Waals surface area contributed by atoms with Gasteiger partial charge < -0.3 is 10.8 Å². The van der Waals surface area contributed by atoms with E-state index in [0.29, 0.717) is 19.5 Å². The van der Waals surface area contributed by atoms with Crippen molar-refractivity contribution in [2.24, 2.45) is 5.73 Å². The quantitative estimate of drug-likeness (QED) is 0.862. The molecular weight excluding hydrogens is 311 g/mol. The number of likely N-dealkylation sites (tertiary alicyclic amines) is 1. The number of halogens is 1. The van der Waals surface area contributed by atoms with E-state index >= 15 is 0 Å². The third-order valence-electron chi connectivity index (χ3n) is 4.27. The van der Waals surface area contributed by atoms with E-state index in [1.54, 1.807) is 23.0 Å². The molecule has 0 spiro atoms. The van der Waals surface area contributed by atoms with E-state index in [0.717, 1.165) is 24.2 Å². The summed E-state index contributed by atoms with van der Waals surface area (Å²) in [5, 5.41) is 14.8. The van der Waals surface area contributed by atoms with E-state index in [2.05, 4.69) is 10.00 Å². The van der Waals surface area contributed by atoms with Gasteiger partial charge in [0.25, 0.3) is 0 Å². The standard InChI is InChI=1S/C17H21FN4O2/c18-14-2-4-15(5-3-14)22-11-13(9-20-22)10-21-7-1-6-17(24,12-21)8-16(19)23/h2-5,9,11,24H,1,6-8,10,12H2,(H2,19,23). The number of hydrogen-bond acceptors (Lipinski definition) is 4. The topological polar surface area (TPSA) is 84.4 Å². The Morgan fingerprint density at radius 3 is 2.83 bits per heavy atom. The number of primary amides is 1. The molecule has 0 saturated carbocycles. The first-order chi connectivity index (χ1) is 11.4. The third kappa shape index (κ3) is 3.98. The largest absolute Gasteiger partial charge is 0.388 e. The minimum atomic E-state index is -1.04. The highest BCUT2D eigenvalue weighted by Gasteiger charge is 2.34. The first-order valence-electron chi connectivity index (χ1n) is 7.96. The van der Waals surface area contributed by atoms with Crippen LogP contribution in [0.5, 0.6) is 0 Å². The van der Waals surface area contributed by atoms with Gasteiger partial charge in [-0.15, -0.1) is 0 Å². The second kappa shape index (κ2) is 6.70. The van der Waals surface area contributed by atoms with Crippen molar-refractivity contribution in [2.45, 2.75) is 31.4 Å². The second-order valence-corrected chi connectivity index (χ2v) is 6.45. The lowest BCUT2D eigenvalue weighted by molar-refractivity contribution is -0.125. The molecule has 3 N–H and O–H groups in total. The van der Waals surface area contributed by atoms with Crippen LogP contribution >= 0.6 is 0 Å². The number of piperidine rings is 1. The molecule has 2 aromatic rings. The van der Waals surface area contributed by atoms with Crippen molar-refractivity contribution < 1.29 is 14.3 Å². The smallest absolute Gasteiger partial charge is 0.220 e. The Bertz CT molecular complexity index is 716. The number of hydrogen-bond donors (Lipinski definition) is 2. The highest BCUT2D eigenvalue weighted by atomic mass is 19.1. The van der Waals surface area contributed by atoms with Crippen LogP contribution in [-0.4, -0.2) is 44.4 Å². The summed E-state index contributed by atoms with van der Waals surface area (Å²) in [4.78, 5) is 13.2. The normalized spacial score (nSPS) is 21.8. The van der Waals surface area contributed by atoms with Gasteiger partial charge in [0.05, 0.1) is 23.9 Å². The lowest BCUT2D eigenvalue weighted by Crippen LogP contribution is -2.49. The van der Waals surface area contributed by atoms with Gasteiger partial charge in [-0.1, -0.05) is 0 Å². The van der Waals surface area contributed by atoms with Crippen molar-refractivity contribution in [2.75, 3.05) is 13.1 Å². The van der Waals surface area contributed by atoms with E-state index in [9.17, 15) is 14.3 Å². The van der Waals surface area contributed by atoms with Gasteiger partial charge in [-0.3, -0.25) is 9.69 Å². The van der Waals surface area contributed by atoms with Crippen LogP contribution in [0.4, 0.5) is 4.39 Å². The minimum Gasteiger partial charge on any atom is -0.388 e. The van der Waals surface area contributed by atoms with Crippen molar-refractivity contribution in [1.82, 2.24) is 14.7 Å². The summed E-state index contributed by atoms with van der Waals surface area (Å²) in [5.74, 6) is -0.767. The summed E-state index contributed by atoms with van der Waals surface area (Å²) < 4.78 is 14.7. The van der Waals surface area contributed by atoms with E-state index < -0.39 is 11.5 Å². The summed E-state index contributed by atoms with van der Waals surface area (Å²) in [7, 11) is 0. The third-order valence-corrected chi connectivity index (χ3v) is 4.27. The lowest BCUT2D eigenvalue weighted by Gasteiger charge is -2.38. The molecular formula is C17H21FN4O2. The fraction of sp³-hybridized carbons (Fsp3) is 0.412. The Balaban J connectivity index is 1.66. The van der Waals surface area contributed by atoms with E-state index in [4.69, 9.17) is 5.73 Å². The van der Waals surface area contributed by atoms with Crippen molar-refractivity contribution in [3.63, 3.8) is 0 Å². The number of carbonyl (C=O) groups excluding carboxylic acids is 1. The van der Waals surface area contributed by atoms with Crippen LogP contribution in [0.3, 0.4) is 0 Å². The van der Waals surface area contributed by atoms with Crippen molar-refractivity contribution in [3.05, 3.63) is 48.0 Å². The summed E-state index contributed by atoms with van der Waals surface area (Å²) in [6, 6.07) is 6.12. The van der Waals surface area contributed by atoms with E-state index in [1.807, 2.05) is 6.20 Å². The molecule has 1 saturated heterocycles. The van der Waals surface area contributed by atoms with Gasteiger partial charge in [0.15, 0.2) is 0 Å². The molecule has 2 heterocycles. The zero-order valence-corrected chi connectivity index (χ0v) is 13.4. The summed E-state index contributed by atoms with van der Waals surface area (Å²) in [5.41, 5.74) is 5.96. The average molecular weight is 332 g/mol. The maximum Gasteiger partial charge on any atom is 0.220 e. The molecule has 6 nitrogen and oxygen atoms in total. The van der Waals surface area contributed by atoms with Crippen LogP contribution in [0.15, 0.2) is 36.7 Å². The molecule has 1 aliphatic heterocycles. The van der Waals surface area contributed by atoms with Crippen LogP contribution in [0, 0.1) is 5.82 Å². The number of β-amino-alcohol motifs (C(OH)–C–C–N with tert-alkyl or cyclic N) is 1. The summed E-state index contributed by atoms with van der Waals surface area (Å²) >= 11 is 0. The number of amides is 1. The van der Waals surface area contributed by atoms with Crippen molar-refractivity contribution >= 4 is 5.91 Å². The fourth-order valence-electron chi connectivity index (χ4n) is 3.24. The van der Waals surface area contributed by atoms with Crippen LogP contribution in [0.25, 0.3) is 5.69 Å². The van der Waals surface area contributed by atoms with E-state index in [1.165, 1.54) is 12.1 Å². The molecule has 1 fully saturated rings. The van der Waals surface area contributed by atoms with Gasteiger partial charge in [0.2, 0.25) is 5.91 Å². The average Bonchev–Trinajstić information content (AvgIpc) is 2.95. The van der Waals surface area contributed by atoms with Gasteiger partial charge >= 0.3 is 0 Å². The van der Waals surface area contributed by atoms with Crippen molar-refractivity contribution in [3.8, 4) is 5.69 Å². The lowest BCUT2D eigenvalue weighted by atomic mass is 9.89. The predicted molar refractivity (Wildman–Crippen MR) is 86.8 cm³/mol. The molecule has 0 aliphatic carbocycles. The molecule has 24 heavy (non-hydrogen) atoms. The number of aliphatic hydroxyl groups is 1. The molecule has 0 radical (unpaired) electrons. The zero-order chi connectivity index (χ0) is 17.2. The number of rotatable bonds is 5. The molecule has 7 heteroatoms. The monoisotopic (exact) mass is 332 g/mol. The van der Waals surface area contributed by atoms with Crippen LogP contribution in [0.1, 0.15) is 24.8 Å². The maximum atomic E-state index is 13.0. The fourth-order valence-corrected chi connectivity index (χ4v) is 3.24. The molecule has 1 unspecified atom stereocenters. The number of aromatic nitrogens is 2. The number of nitrogens with two attached hydrogens (primary N) is 1. The van der Waals surface area contributed by atoms with Gasteiger partial charge in [-0.05, 0) is 43.7 Å². The zero-order valence-electron chi connectivity index (χ0n) is 13.4. The number of carbonyl (C=O) groups is 1. The first-order valence-corrected chi connectivity index (χ1v) is 7.96. The highest BCUT2D eigenvalue weighted by molar-refractivity contribution is 5.75. The second-order valence-electron chi connectivity index (χ2n) is 6.45. The van der Waals surface area contributed by atoms with Crippen LogP contribution in [0.2, 0.25) is 0 Å². The molecule has 3 rings (SSSR count). The maximum absolute atomic E-state index is 13.0. The van der Waals surface area contributed by atoms with Crippen LogP contribution < -0.4 is 5.73 Å². The van der Waals surface area contributed by atoms with E-state index in [-0.39, 0.29) is 12.2 Å². The summed E-state index contributed by atoms with van der Waals surface area (Å²) in [6.45, 7) is 1.89. The molecule has 1 aromatic carbocycles. The van der Waals surface area contributed by atoms with Gasteiger partial charge in [-0.2, -0.15) is 5.10 Å². The SMILES string of the molecule is NC(=O)CC1(O)CCCN(Cc2cnn(-c3ccc(F)cc3)c2)C1. The summed E-state index contributed by atoms with van der Waals surface area (Å²) in [6.07, 6.45) is 5.02. The Morgan fingerprint density at radius 1 is 1.38 bits per heavy atom. The number of nitrogens with zero attached hydrogens (tertiary/aromatic N) is 3. The molecule has 1 aromatic heterocycles. The van der Waals surface area contributed by atoms with Gasteiger partial charge in [0, 0.05) is 24.8 Å². The Morgan fingerprint density at radius 2 is 2.12 bits per heavy atom. The Labute approximate surface area is 139 Å². The molecule has 1 amide bonds. The molecule has 1 aliphatic rings. The van der Waals surface area contributed by atoms with Gasteiger partial charge in [0.1, 0.15) is 5.82 Å². The molecule has 0 bridgehead atoms. The predicted octanol–water partition coefficient (Wildman–Crippen LogP) is 1.21. The van der Waals surface area contributed by atoms with Crippen molar-refractivity contribution in [1.29, 1.82) is 0 Å². The minimum absolute atomic E-state index is 0.0155. The molecule has 128 valence electrons. The van der Waals surface area contributed by atoms with Gasteiger partial charge in [-0.25, -0.2) is 9.07 Å². The Kier molecular flexibility index (Phi) is 4.64. The Hall–Kier alpha value is -2.25. The highest BCUT2D eigenvalue weighted by Crippen LogP contribution is 2.25. The first kappa shape index (κ1) is 16.6.